The van der Waals surface area contributed by atoms with Gasteiger partial charge in [0.25, 0.3) is 0 Å². The molecule has 0 aliphatic carbocycles. The highest BCUT2D eigenvalue weighted by atomic mass is 32.1. The Morgan fingerprint density at radius 2 is 1.89 bits per heavy atom. The molecule has 0 aromatic carbocycles. The van der Waals surface area contributed by atoms with E-state index in [1.807, 2.05) is 0 Å². The number of piperidine rings is 1. The molecule has 4 rings (SSSR count). The first-order valence-corrected chi connectivity index (χ1v) is 7.95. The van der Waals surface area contributed by atoms with E-state index in [2.05, 4.69) is 44.5 Å². The molecule has 0 amide bonds. The van der Waals surface area contributed by atoms with E-state index in [1.54, 1.807) is 11.3 Å². The van der Waals surface area contributed by atoms with Crippen molar-refractivity contribution >= 4 is 11.3 Å². The van der Waals surface area contributed by atoms with Crippen molar-refractivity contribution in [2.24, 2.45) is 0 Å². The van der Waals surface area contributed by atoms with E-state index in [0.29, 0.717) is 18.0 Å². The van der Waals surface area contributed by atoms with Gasteiger partial charge in [-0.2, -0.15) is 21.5 Å². The van der Waals surface area contributed by atoms with Crippen LogP contribution in [0.2, 0.25) is 0 Å². The van der Waals surface area contributed by atoms with Crippen LogP contribution >= 0.6 is 11.3 Å². The lowest BCUT2D eigenvalue weighted by Crippen LogP contribution is -2.37. The summed E-state index contributed by atoms with van der Waals surface area (Å²) >= 11 is 1.70. The topological polar surface area (TPSA) is 37.8 Å². The zero-order valence-electron chi connectivity index (χ0n) is 10.7. The molecule has 2 saturated heterocycles. The summed E-state index contributed by atoms with van der Waals surface area (Å²) in [5.41, 5.74) is 3.34. The highest BCUT2D eigenvalue weighted by molar-refractivity contribution is 7.08. The Hall–Kier alpha value is -1.26. The molecule has 0 saturated carbocycles. The second-order valence-electron chi connectivity index (χ2n) is 5.66. The van der Waals surface area contributed by atoms with Crippen molar-refractivity contribution in [1.82, 2.24) is 15.5 Å². The van der Waals surface area contributed by atoms with E-state index in [4.69, 9.17) is 0 Å². The molecule has 2 aliphatic heterocycles. The molecule has 4 heteroatoms. The Morgan fingerprint density at radius 1 is 1.05 bits per heavy atom. The number of rotatable bonds is 2. The highest BCUT2D eigenvalue weighted by Gasteiger charge is 2.34. The van der Waals surface area contributed by atoms with E-state index in [-0.39, 0.29) is 0 Å². The summed E-state index contributed by atoms with van der Waals surface area (Å²) in [6.45, 7) is 0. The molecule has 0 radical (unpaired) electrons. The average Bonchev–Trinajstić information content (AvgIpc) is 3.09. The van der Waals surface area contributed by atoms with E-state index in [0.717, 1.165) is 5.69 Å². The van der Waals surface area contributed by atoms with Gasteiger partial charge in [-0.25, -0.2) is 0 Å². The Kier molecular flexibility index (Phi) is 2.85. The summed E-state index contributed by atoms with van der Waals surface area (Å²) < 4.78 is 0. The Labute approximate surface area is 117 Å². The van der Waals surface area contributed by atoms with Crippen LogP contribution in [-0.4, -0.2) is 22.3 Å². The largest absolute Gasteiger partial charge is 0.311 e. The van der Waals surface area contributed by atoms with E-state index >= 15 is 0 Å². The molecule has 19 heavy (non-hydrogen) atoms. The van der Waals surface area contributed by atoms with Crippen molar-refractivity contribution in [3.05, 3.63) is 34.7 Å². The summed E-state index contributed by atoms with van der Waals surface area (Å²) in [6, 6.07) is 7.81. The summed E-state index contributed by atoms with van der Waals surface area (Å²) in [5, 5.41) is 16.8. The van der Waals surface area contributed by atoms with Crippen molar-refractivity contribution in [2.75, 3.05) is 0 Å². The van der Waals surface area contributed by atoms with Crippen molar-refractivity contribution in [3.63, 3.8) is 0 Å². The number of hydrogen-bond acceptors (Lipinski definition) is 4. The fraction of sp³-hybridized carbons (Fsp3) is 0.467. The van der Waals surface area contributed by atoms with Gasteiger partial charge in [0.05, 0.1) is 11.4 Å². The molecular formula is C15H17N3S. The van der Waals surface area contributed by atoms with Gasteiger partial charge in [0.15, 0.2) is 0 Å². The average molecular weight is 271 g/mol. The van der Waals surface area contributed by atoms with Crippen LogP contribution in [0.1, 0.15) is 37.3 Å². The normalized spacial score (nSPS) is 29.6. The van der Waals surface area contributed by atoms with Crippen LogP contribution in [0, 0.1) is 0 Å². The molecule has 2 fully saturated rings. The number of nitrogens with one attached hydrogen (secondary N) is 1. The number of aromatic nitrogens is 2. The van der Waals surface area contributed by atoms with Crippen molar-refractivity contribution in [3.8, 4) is 11.3 Å². The number of thiophene rings is 1. The monoisotopic (exact) mass is 271 g/mol. The molecule has 2 atom stereocenters. The molecule has 2 aromatic rings. The summed E-state index contributed by atoms with van der Waals surface area (Å²) in [5.74, 6) is 0.600. The standard InChI is InChI=1S/C15H17N3S/c1-2-13-8-11(7-12(1)16-13)15-4-3-14(17-18-15)10-5-6-19-9-10/h3-6,9,11-13,16H,1-2,7-8H2. The molecule has 1 N–H and O–H groups in total. The number of hydrogen-bond donors (Lipinski definition) is 1. The van der Waals surface area contributed by atoms with Gasteiger partial charge in [0.1, 0.15) is 0 Å². The molecule has 2 aliphatic rings. The van der Waals surface area contributed by atoms with Crippen molar-refractivity contribution in [2.45, 2.75) is 43.7 Å². The molecular weight excluding hydrogens is 254 g/mol. The van der Waals surface area contributed by atoms with Gasteiger partial charge >= 0.3 is 0 Å². The van der Waals surface area contributed by atoms with Gasteiger partial charge in [-0.3, -0.25) is 0 Å². The fourth-order valence-electron chi connectivity index (χ4n) is 3.42. The first-order valence-electron chi connectivity index (χ1n) is 7.01. The van der Waals surface area contributed by atoms with Gasteiger partial charge < -0.3 is 5.32 Å². The number of nitrogens with zero attached hydrogens (tertiary/aromatic N) is 2. The zero-order valence-corrected chi connectivity index (χ0v) is 11.6. The van der Waals surface area contributed by atoms with Gasteiger partial charge in [-0.05, 0) is 49.3 Å². The minimum atomic E-state index is 0.600. The van der Waals surface area contributed by atoms with Gasteiger partial charge in [0.2, 0.25) is 0 Å². The molecule has 0 spiro atoms. The lowest BCUT2D eigenvalue weighted by Gasteiger charge is -2.28. The van der Waals surface area contributed by atoms with Crippen LogP contribution in [0.4, 0.5) is 0 Å². The molecule has 4 heterocycles. The first kappa shape index (κ1) is 11.6. The molecule has 2 aromatic heterocycles. The lowest BCUT2D eigenvalue weighted by molar-refractivity contribution is 0.357. The molecule has 3 nitrogen and oxygen atoms in total. The minimum absolute atomic E-state index is 0.600. The van der Waals surface area contributed by atoms with E-state index in [9.17, 15) is 0 Å². The van der Waals surface area contributed by atoms with Crippen LogP contribution < -0.4 is 5.32 Å². The third kappa shape index (κ3) is 2.19. The van der Waals surface area contributed by atoms with Crippen LogP contribution in [0.5, 0.6) is 0 Å². The van der Waals surface area contributed by atoms with Gasteiger partial charge in [-0.1, -0.05) is 0 Å². The third-order valence-electron chi connectivity index (χ3n) is 4.39. The van der Waals surface area contributed by atoms with Crippen LogP contribution in [-0.2, 0) is 0 Å². The maximum Gasteiger partial charge on any atom is 0.0938 e. The predicted octanol–water partition coefficient (Wildman–Crippen LogP) is 3.20. The second-order valence-corrected chi connectivity index (χ2v) is 6.44. The Balaban J connectivity index is 1.56. The first-order chi connectivity index (χ1) is 9.38. The predicted molar refractivity (Wildman–Crippen MR) is 77.3 cm³/mol. The van der Waals surface area contributed by atoms with E-state index < -0.39 is 0 Å². The van der Waals surface area contributed by atoms with Crippen LogP contribution in [0.3, 0.4) is 0 Å². The second kappa shape index (κ2) is 4.69. The SMILES string of the molecule is c1cc(-c2ccc(C3CC4CCC(C3)N4)nn2)cs1. The summed E-state index contributed by atoms with van der Waals surface area (Å²) in [4.78, 5) is 0. The molecule has 2 bridgehead atoms. The van der Waals surface area contributed by atoms with Crippen LogP contribution in [0.25, 0.3) is 11.3 Å². The van der Waals surface area contributed by atoms with Gasteiger partial charge in [-0.15, -0.1) is 0 Å². The van der Waals surface area contributed by atoms with Crippen LogP contribution in [0.15, 0.2) is 29.0 Å². The fourth-order valence-corrected chi connectivity index (χ4v) is 4.07. The maximum absolute atomic E-state index is 4.48. The minimum Gasteiger partial charge on any atom is -0.311 e. The van der Waals surface area contributed by atoms with Gasteiger partial charge in [0, 0.05) is 28.9 Å². The Morgan fingerprint density at radius 3 is 2.53 bits per heavy atom. The Bertz CT molecular complexity index is 537. The van der Waals surface area contributed by atoms with Crippen molar-refractivity contribution in [1.29, 1.82) is 0 Å². The maximum atomic E-state index is 4.48. The quantitative estimate of drug-likeness (QED) is 0.911. The third-order valence-corrected chi connectivity index (χ3v) is 5.08. The lowest BCUT2D eigenvalue weighted by atomic mass is 9.89. The zero-order chi connectivity index (χ0) is 12.7. The summed E-state index contributed by atoms with van der Waals surface area (Å²) in [7, 11) is 0. The number of fused-ring (bicyclic) bond motifs is 2. The molecule has 98 valence electrons. The smallest absolute Gasteiger partial charge is 0.0938 e. The van der Waals surface area contributed by atoms with Crippen molar-refractivity contribution < 1.29 is 0 Å². The molecule has 2 unspecified atom stereocenters. The van der Waals surface area contributed by atoms with E-state index in [1.165, 1.54) is 36.9 Å². The summed E-state index contributed by atoms with van der Waals surface area (Å²) in [6.07, 6.45) is 5.12. The highest BCUT2D eigenvalue weighted by Crippen LogP contribution is 2.36.